The van der Waals surface area contributed by atoms with Crippen LogP contribution in [0.3, 0.4) is 0 Å². The molecule has 1 aliphatic rings. The molecule has 0 bridgehead atoms. The molecule has 1 saturated heterocycles. The van der Waals surface area contributed by atoms with Gasteiger partial charge in [0.05, 0.1) is 0 Å². The van der Waals surface area contributed by atoms with E-state index in [1.165, 1.54) is 4.46 Å². The summed E-state index contributed by atoms with van der Waals surface area (Å²) in [4.78, 5) is 12.0. The van der Waals surface area contributed by atoms with Crippen molar-refractivity contribution in [2.45, 2.75) is 23.9 Å². The molecule has 0 N–H and O–H groups in total. The Kier molecular flexibility index (Phi) is 5.28. The second-order valence-corrected chi connectivity index (χ2v) is 7.89. The summed E-state index contributed by atoms with van der Waals surface area (Å²) in [5.41, 5.74) is 1.14. The number of carbonyl (C=O) groups excluding carboxylic acids is 1. The van der Waals surface area contributed by atoms with Gasteiger partial charge in [0.2, 0.25) is 0 Å². The summed E-state index contributed by atoms with van der Waals surface area (Å²) in [5.74, 6) is -0.0721. The fourth-order valence-electron chi connectivity index (χ4n) is 2.37. The standard InChI is InChI=1S/C18H18O3Se/c19-18-17(22-16-9-5-2-6-10-16)11-15(21-18)13-20-12-14-7-3-1-4-8-14/h1-10,15,17H,11-13H2/t15-,17?/m1/s1. The number of rotatable bonds is 6. The SMILES string of the molecule is O=C1O[C@@H](COCc2ccccc2)CC1[Se]c1ccccc1. The van der Waals surface area contributed by atoms with Crippen LogP contribution in [-0.2, 0) is 20.9 Å². The van der Waals surface area contributed by atoms with Crippen molar-refractivity contribution in [3.63, 3.8) is 0 Å². The van der Waals surface area contributed by atoms with Crippen molar-refractivity contribution < 1.29 is 14.3 Å². The fourth-order valence-corrected chi connectivity index (χ4v) is 4.69. The third-order valence-corrected chi connectivity index (χ3v) is 6.01. The second-order valence-electron chi connectivity index (χ2n) is 5.21. The van der Waals surface area contributed by atoms with Gasteiger partial charge in [0, 0.05) is 0 Å². The predicted octanol–water partition coefficient (Wildman–Crippen LogP) is 2.34. The average Bonchev–Trinajstić information content (AvgIpc) is 2.89. The van der Waals surface area contributed by atoms with Crippen LogP contribution in [0.2, 0.25) is 4.82 Å². The Morgan fingerprint density at radius 2 is 1.73 bits per heavy atom. The number of hydrogen-bond donors (Lipinski definition) is 0. The van der Waals surface area contributed by atoms with E-state index in [0.29, 0.717) is 13.2 Å². The average molecular weight is 361 g/mol. The first-order valence-corrected chi connectivity index (χ1v) is 9.20. The molecule has 0 saturated carbocycles. The number of carbonyl (C=O) groups is 1. The zero-order valence-electron chi connectivity index (χ0n) is 12.2. The molecule has 0 spiro atoms. The van der Waals surface area contributed by atoms with Gasteiger partial charge in [-0.15, -0.1) is 0 Å². The van der Waals surface area contributed by atoms with E-state index >= 15 is 0 Å². The predicted molar refractivity (Wildman–Crippen MR) is 86.2 cm³/mol. The van der Waals surface area contributed by atoms with Crippen LogP contribution in [0, 0.1) is 0 Å². The molecule has 1 aliphatic heterocycles. The van der Waals surface area contributed by atoms with Gasteiger partial charge in [-0.2, -0.15) is 0 Å². The van der Waals surface area contributed by atoms with Crippen LogP contribution in [0.5, 0.6) is 0 Å². The molecule has 2 aromatic rings. The van der Waals surface area contributed by atoms with Gasteiger partial charge in [-0.25, -0.2) is 0 Å². The summed E-state index contributed by atoms with van der Waals surface area (Å²) in [6.07, 6.45) is 0.662. The van der Waals surface area contributed by atoms with Crippen LogP contribution >= 0.6 is 0 Å². The van der Waals surface area contributed by atoms with Crippen molar-refractivity contribution in [3.8, 4) is 0 Å². The van der Waals surface area contributed by atoms with E-state index in [-0.39, 0.29) is 31.8 Å². The normalized spacial score (nSPS) is 20.8. The Balaban J connectivity index is 1.45. The van der Waals surface area contributed by atoms with Crippen LogP contribution in [0.15, 0.2) is 60.7 Å². The first-order valence-electron chi connectivity index (χ1n) is 7.35. The summed E-state index contributed by atoms with van der Waals surface area (Å²) in [5, 5.41) is 0. The second kappa shape index (κ2) is 7.59. The van der Waals surface area contributed by atoms with Crippen LogP contribution in [0.4, 0.5) is 0 Å². The summed E-state index contributed by atoms with van der Waals surface area (Å²) >= 11 is 0.131. The molecule has 22 heavy (non-hydrogen) atoms. The first-order chi connectivity index (χ1) is 10.8. The van der Waals surface area contributed by atoms with Crippen molar-refractivity contribution in [2.75, 3.05) is 6.61 Å². The molecule has 0 radical (unpaired) electrons. The molecule has 1 unspecified atom stereocenters. The summed E-state index contributed by atoms with van der Waals surface area (Å²) in [6.45, 7) is 1.03. The third kappa shape index (κ3) is 4.20. The third-order valence-electron chi connectivity index (χ3n) is 3.46. The number of ether oxygens (including phenoxy) is 2. The maximum absolute atomic E-state index is 12.0. The Hall–Kier alpha value is -1.61. The fraction of sp³-hybridized carbons (Fsp3) is 0.278. The molecule has 3 nitrogen and oxygen atoms in total. The number of hydrogen-bond acceptors (Lipinski definition) is 3. The molecule has 1 fully saturated rings. The van der Waals surface area contributed by atoms with Gasteiger partial charge in [-0.05, 0) is 0 Å². The number of benzene rings is 2. The quantitative estimate of drug-likeness (QED) is 0.585. The minimum atomic E-state index is -0.105. The first kappa shape index (κ1) is 15.3. The van der Waals surface area contributed by atoms with E-state index in [2.05, 4.69) is 12.1 Å². The van der Waals surface area contributed by atoms with Crippen LogP contribution in [-0.4, -0.2) is 33.6 Å². The van der Waals surface area contributed by atoms with Gasteiger partial charge in [0.15, 0.2) is 0 Å². The zero-order valence-corrected chi connectivity index (χ0v) is 13.9. The molecule has 1 heterocycles. The molecular formula is C18H18O3Se. The van der Waals surface area contributed by atoms with E-state index in [4.69, 9.17) is 9.47 Å². The monoisotopic (exact) mass is 362 g/mol. The maximum atomic E-state index is 12.0. The molecule has 2 atom stereocenters. The van der Waals surface area contributed by atoms with Crippen molar-refractivity contribution >= 4 is 25.4 Å². The van der Waals surface area contributed by atoms with E-state index < -0.39 is 0 Å². The van der Waals surface area contributed by atoms with E-state index in [0.717, 1.165) is 12.0 Å². The summed E-state index contributed by atoms with van der Waals surface area (Å²) in [7, 11) is 0. The van der Waals surface area contributed by atoms with Crippen molar-refractivity contribution in [1.82, 2.24) is 0 Å². The summed E-state index contributed by atoms with van der Waals surface area (Å²) in [6, 6.07) is 20.2. The van der Waals surface area contributed by atoms with Crippen molar-refractivity contribution in [1.29, 1.82) is 0 Å². The zero-order chi connectivity index (χ0) is 15.2. The molecule has 0 aromatic heterocycles. The van der Waals surface area contributed by atoms with E-state index in [1.54, 1.807) is 0 Å². The van der Waals surface area contributed by atoms with Crippen LogP contribution < -0.4 is 4.46 Å². The van der Waals surface area contributed by atoms with Crippen molar-refractivity contribution in [2.24, 2.45) is 0 Å². The van der Waals surface area contributed by atoms with Gasteiger partial charge in [-0.3, -0.25) is 0 Å². The molecule has 2 aromatic carbocycles. The summed E-state index contributed by atoms with van der Waals surface area (Å²) < 4.78 is 12.4. The Morgan fingerprint density at radius 1 is 1.05 bits per heavy atom. The van der Waals surface area contributed by atoms with Crippen LogP contribution in [0.25, 0.3) is 0 Å². The molecule has 0 amide bonds. The van der Waals surface area contributed by atoms with Gasteiger partial charge in [0.1, 0.15) is 0 Å². The van der Waals surface area contributed by atoms with Gasteiger partial charge in [0.25, 0.3) is 0 Å². The Morgan fingerprint density at radius 3 is 2.45 bits per heavy atom. The van der Waals surface area contributed by atoms with Gasteiger partial charge in [-0.1, -0.05) is 0 Å². The van der Waals surface area contributed by atoms with Gasteiger partial charge < -0.3 is 0 Å². The topological polar surface area (TPSA) is 35.5 Å². The molecule has 4 heteroatoms. The number of esters is 1. The van der Waals surface area contributed by atoms with Gasteiger partial charge >= 0.3 is 136 Å². The molecule has 0 aliphatic carbocycles. The van der Waals surface area contributed by atoms with E-state index in [1.807, 2.05) is 48.5 Å². The van der Waals surface area contributed by atoms with Crippen molar-refractivity contribution in [3.05, 3.63) is 66.2 Å². The Labute approximate surface area is 136 Å². The molecular weight excluding hydrogens is 343 g/mol. The minimum absolute atomic E-state index is 0.0141. The van der Waals surface area contributed by atoms with Crippen LogP contribution in [0.1, 0.15) is 12.0 Å². The van der Waals surface area contributed by atoms with E-state index in [9.17, 15) is 4.79 Å². The Bertz CT molecular complexity index is 600. The molecule has 3 rings (SSSR count). The number of cyclic esters (lactones) is 1. The molecule has 114 valence electrons.